The van der Waals surface area contributed by atoms with E-state index in [1.165, 1.54) is 16.4 Å². The van der Waals surface area contributed by atoms with Gasteiger partial charge in [0.2, 0.25) is 0 Å². The van der Waals surface area contributed by atoms with E-state index in [9.17, 15) is 13.2 Å². The molecule has 1 fully saturated rings. The summed E-state index contributed by atoms with van der Waals surface area (Å²) in [7, 11) is -3.46. The Morgan fingerprint density at radius 3 is 2.44 bits per heavy atom. The van der Waals surface area contributed by atoms with Crippen LogP contribution < -0.4 is 0 Å². The van der Waals surface area contributed by atoms with Gasteiger partial charge in [-0.1, -0.05) is 0 Å². The Hall–Kier alpha value is -0.920. The molecule has 0 unspecified atom stereocenters. The summed E-state index contributed by atoms with van der Waals surface area (Å²) in [5, 5.41) is 8.73. The molecule has 0 spiro atoms. The number of hydrogen-bond acceptors (Lipinski definition) is 4. The minimum atomic E-state index is -3.46. The Morgan fingerprint density at radius 1 is 1.31 bits per heavy atom. The van der Waals surface area contributed by atoms with Crippen molar-refractivity contribution in [3.05, 3.63) is 17.0 Å². The van der Waals surface area contributed by atoms with Crippen LogP contribution in [0.3, 0.4) is 0 Å². The van der Waals surface area contributed by atoms with Gasteiger partial charge in [-0.05, 0) is 25.0 Å². The summed E-state index contributed by atoms with van der Waals surface area (Å²) in [6.07, 6.45) is 1.74. The SMILES string of the molecule is O=C(O)c1ccc(S(=O)(=O)N2CCCC2)s1. The molecule has 1 saturated heterocycles. The minimum Gasteiger partial charge on any atom is -0.477 e. The van der Waals surface area contributed by atoms with Gasteiger partial charge in [-0.25, -0.2) is 13.2 Å². The van der Waals surface area contributed by atoms with Gasteiger partial charge in [-0.2, -0.15) is 4.31 Å². The summed E-state index contributed by atoms with van der Waals surface area (Å²) in [4.78, 5) is 10.7. The number of hydrogen-bond donors (Lipinski definition) is 1. The largest absolute Gasteiger partial charge is 0.477 e. The van der Waals surface area contributed by atoms with Crippen molar-refractivity contribution in [1.82, 2.24) is 4.31 Å². The average Bonchev–Trinajstić information content (AvgIpc) is 2.90. The predicted molar refractivity (Wildman–Crippen MR) is 59.3 cm³/mol. The third kappa shape index (κ3) is 1.98. The molecule has 0 saturated carbocycles. The van der Waals surface area contributed by atoms with Crippen molar-refractivity contribution in [2.75, 3.05) is 13.1 Å². The van der Waals surface area contributed by atoms with Gasteiger partial charge in [0, 0.05) is 13.1 Å². The molecule has 0 atom stereocenters. The third-order valence-corrected chi connectivity index (χ3v) is 5.89. The van der Waals surface area contributed by atoms with Crippen molar-refractivity contribution in [3.63, 3.8) is 0 Å². The quantitative estimate of drug-likeness (QED) is 0.888. The maximum atomic E-state index is 12.0. The van der Waals surface area contributed by atoms with Crippen molar-refractivity contribution in [2.24, 2.45) is 0 Å². The molecule has 1 N–H and O–H groups in total. The number of sulfonamides is 1. The normalized spacial score (nSPS) is 17.8. The van der Waals surface area contributed by atoms with Crippen LogP contribution in [0.25, 0.3) is 0 Å². The van der Waals surface area contributed by atoms with Crippen LogP contribution in [-0.2, 0) is 10.0 Å². The molecule has 1 aliphatic heterocycles. The summed E-state index contributed by atoms with van der Waals surface area (Å²) >= 11 is 0.806. The first kappa shape index (κ1) is 11.6. The van der Waals surface area contributed by atoms with Crippen LogP contribution in [0.5, 0.6) is 0 Å². The first-order valence-electron chi connectivity index (χ1n) is 4.85. The van der Waals surface area contributed by atoms with Gasteiger partial charge >= 0.3 is 5.97 Å². The lowest BCUT2D eigenvalue weighted by molar-refractivity contribution is 0.0702. The molecule has 0 aliphatic carbocycles. The van der Waals surface area contributed by atoms with Gasteiger partial charge in [0.25, 0.3) is 10.0 Å². The number of carbonyl (C=O) groups is 1. The van der Waals surface area contributed by atoms with Crippen LogP contribution in [-0.4, -0.2) is 36.9 Å². The van der Waals surface area contributed by atoms with Gasteiger partial charge in [-0.15, -0.1) is 11.3 Å². The number of carboxylic acids is 1. The van der Waals surface area contributed by atoms with Crippen LogP contribution in [0.4, 0.5) is 0 Å². The Morgan fingerprint density at radius 2 is 1.94 bits per heavy atom. The molecule has 0 radical (unpaired) electrons. The van der Waals surface area contributed by atoms with Gasteiger partial charge in [0.05, 0.1) is 0 Å². The lowest BCUT2D eigenvalue weighted by Crippen LogP contribution is -2.27. The van der Waals surface area contributed by atoms with E-state index in [0.717, 1.165) is 24.2 Å². The Kier molecular flexibility index (Phi) is 3.00. The van der Waals surface area contributed by atoms with Gasteiger partial charge in [0.1, 0.15) is 9.09 Å². The molecule has 0 bridgehead atoms. The highest BCUT2D eigenvalue weighted by atomic mass is 32.2. The van der Waals surface area contributed by atoms with E-state index in [-0.39, 0.29) is 9.09 Å². The Balaban J connectivity index is 2.31. The molecule has 7 heteroatoms. The van der Waals surface area contributed by atoms with Crippen molar-refractivity contribution in [2.45, 2.75) is 17.1 Å². The molecular weight excluding hydrogens is 250 g/mol. The van der Waals surface area contributed by atoms with Crippen molar-refractivity contribution in [1.29, 1.82) is 0 Å². The topological polar surface area (TPSA) is 74.7 Å². The second-order valence-electron chi connectivity index (χ2n) is 3.54. The average molecular weight is 261 g/mol. The molecule has 0 amide bonds. The fourth-order valence-electron chi connectivity index (χ4n) is 1.63. The molecule has 1 aliphatic rings. The van der Waals surface area contributed by atoms with E-state index in [1.807, 2.05) is 0 Å². The van der Waals surface area contributed by atoms with Crippen LogP contribution in [0.2, 0.25) is 0 Å². The molecular formula is C9H11NO4S2. The van der Waals surface area contributed by atoms with Crippen molar-refractivity contribution < 1.29 is 18.3 Å². The lowest BCUT2D eigenvalue weighted by Gasteiger charge is -2.13. The van der Waals surface area contributed by atoms with Crippen molar-refractivity contribution >= 4 is 27.3 Å². The fraction of sp³-hybridized carbons (Fsp3) is 0.444. The molecule has 2 rings (SSSR count). The van der Waals surface area contributed by atoms with E-state index < -0.39 is 16.0 Å². The zero-order valence-corrected chi connectivity index (χ0v) is 10.1. The monoisotopic (exact) mass is 261 g/mol. The molecule has 2 heterocycles. The van der Waals surface area contributed by atoms with Crippen molar-refractivity contribution in [3.8, 4) is 0 Å². The fourth-order valence-corrected chi connectivity index (χ4v) is 4.45. The minimum absolute atomic E-state index is 0.0535. The highest BCUT2D eigenvalue weighted by Gasteiger charge is 2.28. The number of nitrogens with zero attached hydrogens (tertiary/aromatic N) is 1. The number of aromatic carboxylic acids is 1. The maximum absolute atomic E-state index is 12.0. The summed E-state index contributed by atoms with van der Waals surface area (Å²) in [6.45, 7) is 1.06. The lowest BCUT2D eigenvalue weighted by atomic mass is 10.4. The van der Waals surface area contributed by atoms with Crippen LogP contribution in [0.15, 0.2) is 16.3 Å². The van der Waals surface area contributed by atoms with E-state index in [1.54, 1.807) is 0 Å². The predicted octanol–water partition coefficient (Wildman–Crippen LogP) is 1.23. The van der Waals surface area contributed by atoms with Crippen LogP contribution >= 0.6 is 11.3 Å². The molecule has 16 heavy (non-hydrogen) atoms. The summed E-state index contributed by atoms with van der Waals surface area (Å²) in [6, 6.07) is 2.69. The number of rotatable bonds is 3. The summed E-state index contributed by atoms with van der Waals surface area (Å²) in [5.74, 6) is -1.09. The Labute approximate surface area is 97.4 Å². The second-order valence-corrected chi connectivity index (χ2v) is 6.78. The molecule has 1 aromatic heterocycles. The van der Waals surface area contributed by atoms with Gasteiger partial charge in [-0.3, -0.25) is 0 Å². The van der Waals surface area contributed by atoms with E-state index in [2.05, 4.69) is 0 Å². The number of carboxylic acid groups (broad SMARTS) is 1. The van der Waals surface area contributed by atoms with E-state index in [4.69, 9.17) is 5.11 Å². The zero-order valence-electron chi connectivity index (χ0n) is 8.42. The second kappa shape index (κ2) is 4.15. The Bertz CT molecular complexity index is 499. The highest BCUT2D eigenvalue weighted by Crippen LogP contribution is 2.27. The van der Waals surface area contributed by atoms with Crippen LogP contribution in [0, 0.1) is 0 Å². The summed E-state index contributed by atoms with van der Waals surface area (Å²) in [5.41, 5.74) is 0. The maximum Gasteiger partial charge on any atom is 0.345 e. The molecule has 5 nitrogen and oxygen atoms in total. The molecule has 0 aromatic carbocycles. The zero-order chi connectivity index (χ0) is 11.8. The standard InChI is InChI=1S/C9H11NO4S2/c11-9(12)7-3-4-8(15-7)16(13,14)10-5-1-2-6-10/h3-4H,1-2,5-6H2,(H,11,12). The van der Waals surface area contributed by atoms with Crippen LogP contribution in [0.1, 0.15) is 22.5 Å². The molecule has 1 aromatic rings. The van der Waals surface area contributed by atoms with E-state index in [0.29, 0.717) is 13.1 Å². The van der Waals surface area contributed by atoms with E-state index >= 15 is 0 Å². The summed E-state index contributed by atoms with van der Waals surface area (Å²) < 4.78 is 25.6. The first-order valence-corrected chi connectivity index (χ1v) is 7.11. The molecule has 88 valence electrons. The van der Waals surface area contributed by atoms with Gasteiger partial charge in [0.15, 0.2) is 0 Å². The smallest absolute Gasteiger partial charge is 0.345 e. The third-order valence-electron chi connectivity index (χ3n) is 2.45. The highest BCUT2D eigenvalue weighted by molar-refractivity contribution is 7.91. The number of thiophene rings is 1. The van der Waals surface area contributed by atoms with Gasteiger partial charge < -0.3 is 5.11 Å². The first-order chi connectivity index (χ1) is 7.51.